The van der Waals surface area contributed by atoms with E-state index >= 15 is 0 Å². The van der Waals surface area contributed by atoms with Crippen molar-refractivity contribution in [3.63, 3.8) is 0 Å². The molecule has 0 radical (unpaired) electrons. The van der Waals surface area contributed by atoms with Crippen LogP contribution in [-0.2, 0) is 5.88 Å². The van der Waals surface area contributed by atoms with Gasteiger partial charge in [-0.15, -0.1) is 22.9 Å². The molecule has 1 heterocycles. The van der Waals surface area contributed by atoms with Crippen molar-refractivity contribution < 1.29 is 4.79 Å². The number of hydrogen-bond acceptors (Lipinski definition) is 3. The van der Waals surface area contributed by atoms with E-state index in [-0.39, 0.29) is 5.91 Å². The van der Waals surface area contributed by atoms with E-state index in [9.17, 15) is 4.79 Å². The molecule has 0 unspecified atom stereocenters. The maximum absolute atomic E-state index is 12.3. The summed E-state index contributed by atoms with van der Waals surface area (Å²) in [5.41, 5.74) is 2.60. The van der Waals surface area contributed by atoms with Crippen molar-refractivity contribution in [1.82, 2.24) is 9.88 Å². The van der Waals surface area contributed by atoms with Crippen LogP contribution in [0, 0.1) is 5.92 Å². The van der Waals surface area contributed by atoms with Crippen LogP contribution in [-0.4, -0.2) is 29.4 Å². The van der Waals surface area contributed by atoms with Gasteiger partial charge < -0.3 is 4.90 Å². The zero-order valence-corrected chi connectivity index (χ0v) is 14.0. The molecule has 0 aliphatic rings. The molecule has 0 bridgehead atoms. The van der Waals surface area contributed by atoms with Crippen LogP contribution < -0.4 is 0 Å². The molecular formula is C16H19ClN2OS. The molecule has 0 aliphatic heterocycles. The SMILES string of the molecule is CC(C)CN(C)C(=O)c1ccc(-c2nc(CCl)cs2)cc1. The standard InChI is InChI=1S/C16H19ClN2OS/c1-11(2)9-19(3)16(20)13-6-4-12(5-7-13)15-18-14(8-17)10-21-15/h4-7,10-11H,8-9H2,1-3H3. The van der Waals surface area contributed by atoms with E-state index in [4.69, 9.17) is 11.6 Å². The van der Waals surface area contributed by atoms with Crippen molar-refractivity contribution in [2.24, 2.45) is 5.92 Å². The molecule has 0 fully saturated rings. The van der Waals surface area contributed by atoms with Gasteiger partial charge in [-0.05, 0) is 18.1 Å². The first kappa shape index (κ1) is 16.0. The topological polar surface area (TPSA) is 33.2 Å². The predicted molar refractivity (Wildman–Crippen MR) is 88.9 cm³/mol. The summed E-state index contributed by atoms with van der Waals surface area (Å²) >= 11 is 7.33. The van der Waals surface area contributed by atoms with Crippen molar-refractivity contribution in [3.05, 3.63) is 40.9 Å². The van der Waals surface area contributed by atoms with E-state index in [1.807, 2.05) is 36.7 Å². The molecule has 0 spiro atoms. The summed E-state index contributed by atoms with van der Waals surface area (Å²) in [6.07, 6.45) is 0. The Morgan fingerprint density at radius 3 is 2.52 bits per heavy atom. The number of thiazole rings is 1. The van der Waals surface area contributed by atoms with Crippen LogP contribution in [0.15, 0.2) is 29.6 Å². The quantitative estimate of drug-likeness (QED) is 0.770. The van der Waals surface area contributed by atoms with E-state index in [0.29, 0.717) is 17.4 Å². The van der Waals surface area contributed by atoms with Crippen molar-refractivity contribution in [3.8, 4) is 10.6 Å². The Bertz CT molecular complexity index is 607. The Hall–Kier alpha value is -1.39. The normalized spacial score (nSPS) is 10.9. The van der Waals surface area contributed by atoms with Gasteiger partial charge in [0.25, 0.3) is 5.91 Å². The van der Waals surface area contributed by atoms with Crippen molar-refractivity contribution in [2.75, 3.05) is 13.6 Å². The maximum atomic E-state index is 12.3. The van der Waals surface area contributed by atoms with E-state index in [2.05, 4.69) is 18.8 Å². The first-order valence-corrected chi connectivity index (χ1v) is 8.29. The first-order valence-electron chi connectivity index (χ1n) is 6.87. The second-order valence-electron chi connectivity index (χ2n) is 5.43. The number of nitrogens with zero attached hydrogens (tertiary/aromatic N) is 2. The Labute approximate surface area is 134 Å². The molecule has 0 aliphatic carbocycles. The van der Waals surface area contributed by atoms with Crippen molar-refractivity contribution >= 4 is 28.8 Å². The molecule has 21 heavy (non-hydrogen) atoms. The van der Waals surface area contributed by atoms with Gasteiger partial charge in [-0.2, -0.15) is 0 Å². The van der Waals surface area contributed by atoms with Crippen LogP contribution in [0.3, 0.4) is 0 Å². The van der Waals surface area contributed by atoms with Gasteiger partial charge in [-0.3, -0.25) is 4.79 Å². The maximum Gasteiger partial charge on any atom is 0.253 e. The number of alkyl halides is 1. The monoisotopic (exact) mass is 322 g/mol. The largest absolute Gasteiger partial charge is 0.341 e. The Balaban J connectivity index is 2.13. The zero-order valence-electron chi connectivity index (χ0n) is 12.5. The molecule has 1 aromatic carbocycles. The molecule has 2 aromatic rings. The molecular weight excluding hydrogens is 304 g/mol. The summed E-state index contributed by atoms with van der Waals surface area (Å²) in [4.78, 5) is 18.5. The van der Waals surface area contributed by atoms with Crippen molar-refractivity contribution in [2.45, 2.75) is 19.7 Å². The third-order valence-corrected chi connectivity index (χ3v) is 4.27. The zero-order chi connectivity index (χ0) is 15.4. The summed E-state index contributed by atoms with van der Waals surface area (Å²) < 4.78 is 0. The van der Waals surface area contributed by atoms with Crippen LogP contribution in [0.4, 0.5) is 0 Å². The minimum absolute atomic E-state index is 0.0517. The number of rotatable bonds is 5. The number of halogens is 1. The molecule has 0 saturated carbocycles. The van der Waals surface area contributed by atoms with Gasteiger partial charge in [-0.25, -0.2) is 4.98 Å². The smallest absolute Gasteiger partial charge is 0.253 e. The minimum atomic E-state index is 0.0517. The molecule has 0 atom stereocenters. The summed E-state index contributed by atoms with van der Waals surface area (Å²) in [5, 5.41) is 2.89. The highest BCUT2D eigenvalue weighted by atomic mass is 35.5. The lowest BCUT2D eigenvalue weighted by atomic mass is 10.1. The third kappa shape index (κ3) is 4.05. The molecule has 3 nitrogen and oxygen atoms in total. The van der Waals surface area contributed by atoms with Crippen molar-refractivity contribution in [1.29, 1.82) is 0 Å². The lowest BCUT2D eigenvalue weighted by Crippen LogP contribution is -2.30. The van der Waals surface area contributed by atoms with Gasteiger partial charge in [0.05, 0.1) is 11.6 Å². The number of carbonyl (C=O) groups is 1. The van der Waals surface area contributed by atoms with Crippen LogP contribution in [0.2, 0.25) is 0 Å². The van der Waals surface area contributed by atoms with Gasteiger partial charge in [0.1, 0.15) is 5.01 Å². The average molecular weight is 323 g/mol. The molecule has 112 valence electrons. The highest BCUT2D eigenvalue weighted by molar-refractivity contribution is 7.13. The lowest BCUT2D eigenvalue weighted by molar-refractivity contribution is 0.0779. The second-order valence-corrected chi connectivity index (χ2v) is 6.56. The number of amides is 1. The summed E-state index contributed by atoms with van der Waals surface area (Å²) in [5.74, 6) is 0.936. The minimum Gasteiger partial charge on any atom is -0.341 e. The number of aromatic nitrogens is 1. The van der Waals surface area contributed by atoms with E-state index in [1.54, 1.807) is 16.2 Å². The van der Waals surface area contributed by atoms with E-state index in [0.717, 1.165) is 22.8 Å². The van der Waals surface area contributed by atoms with E-state index in [1.165, 1.54) is 0 Å². The summed E-state index contributed by atoms with van der Waals surface area (Å²) in [6, 6.07) is 7.59. The third-order valence-electron chi connectivity index (χ3n) is 3.05. The molecule has 1 amide bonds. The molecule has 2 rings (SSSR count). The average Bonchev–Trinajstić information content (AvgIpc) is 2.95. The fourth-order valence-electron chi connectivity index (χ4n) is 2.11. The van der Waals surface area contributed by atoms with Gasteiger partial charge in [0.15, 0.2) is 0 Å². The van der Waals surface area contributed by atoms with Crippen LogP contribution in [0.25, 0.3) is 10.6 Å². The fourth-order valence-corrected chi connectivity index (χ4v) is 3.16. The molecule has 5 heteroatoms. The number of benzene rings is 1. The van der Waals surface area contributed by atoms with E-state index < -0.39 is 0 Å². The van der Waals surface area contributed by atoms with Gasteiger partial charge >= 0.3 is 0 Å². The second kappa shape index (κ2) is 7.05. The van der Waals surface area contributed by atoms with Crippen LogP contribution in [0.5, 0.6) is 0 Å². The van der Waals surface area contributed by atoms with Gasteiger partial charge in [0, 0.05) is 30.1 Å². The highest BCUT2D eigenvalue weighted by Gasteiger charge is 2.13. The number of hydrogen-bond donors (Lipinski definition) is 0. The van der Waals surface area contributed by atoms with Gasteiger partial charge in [-0.1, -0.05) is 26.0 Å². The fraction of sp³-hybridized carbons (Fsp3) is 0.375. The summed E-state index contributed by atoms with van der Waals surface area (Å²) in [7, 11) is 1.84. The molecule has 0 N–H and O–H groups in total. The first-order chi connectivity index (χ1) is 10.0. The lowest BCUT2D eigenvalue weighted by Gasteiger charge is -2.19. The van der Waals surface area contributed by atoms with Crippen LogP contribution in [0.1, 0.15) is 29.9 Å². The Morgan fingerprint density at radius 1 is 1.33 bits per heavy atom. The Morgan fingerprint density at radius 2 is 2.00 bits per heavy atom. The molecule has 0 saturated heterocycles. The predicted octanol–water partition coefficient (Wildman–Crippen LogP) is 4.28. The summed E-state index contributed by atoms with van der Waals surface area (Å²) in [6.45, 7) is 4.96. The van der Waals surface area contributed by atoms with Gasteiger partial charge in [0.2, 0.25) is 0 Å². The highest BCUT2D eigenvalue weighted by Crippen LogP contribution is 2.24. The number of carbonyl (C=O) groups excluding carboxylic acids is 1. The Kier molecular flexibility index (Phi) is 5.37. The van der Waals surface area contributed by atoms with Crippen LogP contribution >= 0.6 is 22.9 Å². The molecule has 1 aromatic heterocycles.